The Morgan fingerprint density at radius 1 is 1.27 bits per heavy atom. The van der Waals surface area contributed by atoms with E-state index >= 15 is 0 Å². The molecule has 0 amide bonds. The molecule has 0 saturated carbocycles. The van der Waals surface area contributed by atoms with E-state index in [1.807, 2.05) is 32.0 Å². The zero-order valence-electron chi connectivity index (χ0n) is 9.69. The molecular formula is C12H18O3. The van der Waals surface area contributed by atoms with Gasteiger partial charge in [-0.05, 0) is 19.9 Å². The lowest BCUT2D eigenvalue weighted by atomic mass is 10.2. The van der Waals surface area contributed by atoms with Gasteiger partial charge in [0.1, 0.15) is 6.29 Å². The van der Waals surface area contributed by atoms with E-state index in [1.54, 1.807) is 20.3 Å². The first-order valence-corrected chi connectivity index (χ1v) is 4.71. The molecule has 84 valence electrons. The molecule has 0 N–H and O–H groups in total. The van der Waals surface area contributed by atoms with Crippen LogP contribution in [0.2, 0.25) is 0 Å². The smallest absolute Gasteiger partial charge is 0.154 e. The molecule has 1 aromatic rings. The zero-order valence-corrected chi connectivity index (χ0v) is 9.69. The summed E-state index contributed by atoms with van der Waals surface area (Å²) in [7, 11) is 3.21. The van der Waals surface area contributed by atoms with Crippen LogP contribution in [0.15, 0.2) is 24.3 Å². The molecule has 3 nitrogen and oxygen atoms in total. The summed E-state index contributed by atoms with van der Waals surface area (Å²) in [5.41, 5.74) is 1.87. The van der Waals surface area contributed by atoms with Gasteiger partial charge in [-0.15, -0.1) is 0 Å². The number of benzene rings is 1. The Morgan fingerprint density at radius 3 is 2.13 bits per heavy atom. The van der Waals surface area contributed by atoms with Crippen molar-refractivity contribution in [2.24, 2.45) is 0 Å². The summed E-state index contributed by atoms with van der Waals surface area (Å²) in [6.07, 6.45) is 0.789. The Labute approximate surface area is 91.0 Å². The first-order valence-electron chi connectivity index (χ1n) is 4.71. The largest absolute Gasteiger partial charge is 0.356 e. The molecule has 1 aromatic carbocycles. The predicted molar refractivity (Wildman–Crippen MR) is 60.0 cm³/mol. The van der Waals surface area contributed by atoms with Gasteiger partial charge in [-0.2, -0.15) is 0 Å². The van der Waals surface area contributed by atoms with Crippen LogP contribution >= 0.6 is 0 Å². The third kappa shape index (κ3) is 6.82. The van der Waals surface area contributed by atoms with Crippen LogP contribution in [-0.2, 0) is 9.47 Å². The van der Waals surface area contributed by atoms with E-state index in [4.69, 9.17) is 0 Å². The minimum Gasteiger partial charge on any atom is -0.356 e. The predicted octanol–water partition coefficient (Wildman–Crippen LogP) is 2.43. The molecule has 0 aliphatic carbocycles. The monoisotopic (exact) mass is 210 g/mol. The number of ether oxygens (including phenoxy) is 2. The van der Waals surface area contributed by atoms with Crippen molar-refractivity contribution in [1.29, 1.82) is 0 Å². The number of rotatable bonds is 3. The van der Waals surface area contributed by atoms with Gasteiger partial charge in [0.15, 0.2) is 6.29 Å². The van der Waals surface area contributed by atoms with Crippen molar-refractivity contribution in [1.82, 2.24) is 0 Å². The molecule has 0 aliphatic heterocycles. The van der Waals surface area contributed by atoms with Crippen molar-refractivity contribution in [3.63, 3.8) is 0 Å². The van der Waals surface area contributed by atoms with Gasteiger partial charge in [-0.1, -0.05) is 23.8 Å². The molecule has 0 heterocycles. The van der Waals surface area contributed by atoms with Gasteiger partial charge < -0.3 is 9.47 Å². The van der Waals surface area contributed by atoms with Crippen LogP contribution in [0.1, 0.15) is 22.8 Å². The third-order valence-electron chi connectivity index (χ3n) is 1.84. The molecule has 0 saturated heterocycles. The van der Waals surface area contributed by atoms with Crippen LogP contribution in [0.3, 0.4) is 0 Å². The highest BCUT2D eigenvalue weighted by Crippen LogP contribution is 1.99. The lowest BCUT2D eigenvalue weighted by molar-refractivity contribution is -0.0877. The normalized spacial score (nSPS) is 9.40. The minimum absolute atomic E-state index is 0.0648. The summed E-state index contributed by atoms with van der Waals surface area (Å²) in [5.74, 6) is 0. The van der Waals surface area contributed by atoms with E-state index in [2.05, 4.69) is 9.47 Å². The van der Waals surface area contributed by atoms with Crippen LogP contribution < -0.4 is 0 Å². The van der Waals surface area contributed by atoms with Crippen molar-refractivity contribution < 1.29 is 14.3 Å². The fourth-order valence-corrected chi connectivity index (χ4v) is 0.840. The number of hydrogen-bond donors (Lipinski definition) is 0. The lowest BCUT2D eigenvalue weighted by Gasteiger charge is -2.03. The second-order valence-electron chi connectivity index (χ2n) is 3.07. The Morgan fingerprint density at radius 2 is 1.87 bits per heavy atom. The molecule has 0 fully saturated rings. The SMILES string of the molecule is COC(C)OC.Cc1cccc(C=O)c1. The van der Waals surface area contributed by atoms with Gasteiger partial charge in [0, 0.05) is 19.8 Å². The fourth-order valence-electron chi connectivity index (χ4n) is 0.840. The number of carbonyl (C=O) groups excluding carboxylic acids is 1. The van der Waals surface area contributed by atoms with E-state index < -0.39 is 0 Å². The Bertz CT molecular complexity index is 280. The highest BCUT2D eigenvalue weighted by molar-refractivity contribution is 5.74. The summed E-state index contributed by atoms with van der Waals surface area (Å²) in [6.45, 7) is 3.80. The molecular weight excluding hydrogens is 192 g/mol. The van der Waals surface area contributed by atoms with Gasteiger partial charge in [0.2, 0.25) is 0 Å². The first kappa shape index (κ1) is 13.8. The summed E-state index contributed by atoms with van der Waals surface area (Å²) in [5, 5.41) is 0. The Hall–Kier alpha value is -1.19. The van der Waals surface area contributed by atoms with Crippen LogP contribution in [0.4, 0.5) is 0 Å². The Kier molecular flexibility index (Phi) is 7.50. The van der Waals surface area contributed by atoms with Crippen molar-refractivity contribution in [3.8, 4) is 0 Å². The molecule has 3 heteroatoms. The van der Waals surface area contributed by atoms with Gasteiger partial charge in [0.05, 0.1) is 0 Å². The van der Waals surface area contributed by atoms with Gasteiger partial charge in [-0.25, -0.2) is 0 Å². The highest BCUT2D eigenvalue weighted by Gasteiger charge is 1.88. The van der Waals surface area contributed by atoms with Crippen LogP contribution in [0.5, 0.6) is 0 Å². The quantitative estimate of drug-likeness (QED) is 0.567. The maximum atomic E-state index is 10.2. The molecule has 1 rings (SSSR count). The molecule has 0 unspecified atom stereocenters. The van der Waals surface area contributed by atoms with Gasteiger partial charge in [0.25, 0.3) is 0 Å². The number of aldehydes is 1. The van der Waals surface area contributed by atoms with Crippen molar-refractivity contribution in [2.75, 3.05) is 14.2 Å². The second kappa shape index (κ2) is 8.15. The van der Waals surface area contributed by atoms with E-state index in [0.29, 0.717) is 0 Å². The summed E-state index contributed by atoms with van der Waals surface area (Å²) in [4.78, 5) is 10.2. The van der Waals surface area contributed by atoms with E-state index in [-0.39, 0.29) is 6.29 Å². The maximum absolute atomic E-state index is 10.2. The van der Waals surface area contributed by atoms with Crippen LogP contribution in [-0.4, -0.2) is 26.8 Å². The van der Waals surface area contributed by atoms with Crippen molar-refractivity contribution in [3.05, 3.63) is 35.4 Å². The third-order valence-corrected chi connectivity index (χ3v) is 1.84. The molecule has 0 atom stereocenters. The summed E-state index contributed by atoms with van der Waals surface area (Å²) in [6, 6.07) is 7.49. The number of methoxy groups -OCH3 is 2. The summed E-state index contributed by atoms with van der Waals surface area (Å²) >= 11 is 0. The van der Waals surface area contributed by atoms with Crippen LogP contribution in [0.25, 0.3) is 0 Å². The van der Waals surface area contributed by atoms with Crippen molar-refractivity contribution in [2.45, 2.75) is 20.1 Å². The van der Waals surface area contributed by atoms with Crippen molar-refractivity contribution >= 4 is 6.29 Å². The number of hydrogen-bond acceptors (Lipinski definition) is 3. The van der Waals surface area contributed by atoms with E-state index in [9.17, 15) is 4.79 Å². The second-order valence-corrected chi connectivity index (χ2v) is 3.07. The number of carbonyl (C=O) groups is 1. The Balaban J connectivity index is 0.000000288. The zero-order chi connectivity index (χ0) is 11.7. The molecule has 0 bridgehead atoms. The van der Waals surface area contributed by atoms with Gasteiger partial charge >= 0.3 is 0 Å². The number of aryl methyl sites for hydroxylation is 1. The highest BCUT2D eigenvalue weighted by atomic mass is 16.7. The molecule has 0 aromatic heterocycles. The topological polar surface area (TPSA) is 35.5 Å². The fraction of sp³-hybridized carbons (Fsp3) is 0.417. The maximum Gasteiger partial charge on any atom is 0.154 e. The van der Waals surface area contributed by atoms with Gasteiger partial charge in [-0.3, -0.25) is 4.79 Å². The average Bonchev–Trinajstić information content (AvgIpc) is 2.28. The van der Waals surface area contributed by atoms with E-state index in [0.717, 1.165) is 17.4 Å². The van der Waals surface area contributed by atoms with E-state index in [1.165, 1.54) is 0 Å². The lowest BCUT2D eigenvalue weighted by Crippen LogP contribution is -2.05. The summed E-state index contributed by atoms with van der Waals surface area (Å²) < 4.78 is 9.35. The van der Waals surface area contributed by atoms with Crippen LogP contribution in [0, 0.1) is 6.92 Å². The standard InChI is InChI=1S/C8H8O.C4H10O2/c1-7-3-2-4-8(5-7)6-9;1-4(5-2)6-3/h2-6H,1H3;4H,1-3H3. The first-order chi connectivity index (χ1) is 7.13. The molecule has 0 aliphatic rings. The molecule has 0 spiro atoms. The average molecular weight is 210 g/mol. The molecule has 0 radical (unpaired) electrons. The minimum atomic E-state index is -0.0648. The molecule has 15 heavy (non-hydrogen) atoms.